The van der Waals surface area contributed by atoms with Crippen molar-refractivity contribution in [2.75, 3.05) is 13.6 Å². The first-order valence-corrected chi connectivity index (χ1v) is 3.19. The van der Waals surface area contributed by atoms with Gasteiger partial charge in [0.2, 0.25) is 6.21 Å². The highest BCUT2D eigenvalue weighted by Gasteiger charge is 1.96. The first-order chi connectivity index (χ1) is 4.66. The number of nitrogens with one attached hydrogen (secondary N) is 1. The lowest BCUT2D eigenvalue weighted by atomic mass is 10.5. The first-order valence-electron chi connectivity index (χ1n) is 3.19. The summed E-state index contributed by atoms with van der Waals surface area (Å²) in [4.78, 5) is 10.6. The molecule has 4 heteroatoms. The molecule has 0 saturated carbocycles. The molecule has 0 fully saturated rings. The predicted octanol–water partition coefficient (Wildman–Crippen LogP) is -0.277. The van der Waals surface area contributed by atoms with Crippen LogP contribution in [-0.4, -0.2) is 30.5 Å². The second kappa shape index (κ2) is 4.78. The van der Waals surface area contributed by atoms with Gasteiger partial charge in [-0.1, -0.05) is 6.92 Å². The van der Waals surface area contributed by atoms with Crippen LogP contribution in [-0.2, 0) is 4.79 Å². The van der Waals surface area contributed by atoms with Crippen molar-refractivity contribution >= 4 is 12.1 Å². The molecule has 1 N–H and O–H groups in total. The Morgan fingerprint density at radius 3 is 2.80 bits per heavy atom. The van der Waals surface area contributed by atoms with Gasteiger partial charge in [-0.25, -0.2) is 4.74 Å². The van der Waals surface area contributed by atoms with Crippen molar-refractivity contribution < 1.29 is 9.53 Å². The molecule has 0 bridgehead atoms. The van der Waals surface area contributed by atoms with Crippen molar-refractivity contribution in [1.29, 1.82) is 0 Å². The van der Waals surface area contributed by atoms with Crippen molar-refractivity contribution in [1.82, 2.24) is 5.32 Å². The Morgan fingerprint density at radius 1 is 1.80 bits per heavy atom. The quantitative estimate of drug-likeness (QED) is 0.256. The molecule has 0 aromatic heterocycles. The lowest BCUT2D eigenvalue weighted by molar-refractivity contribution is -0.416. The molecular formula is C6H12N2O2. The molecule has 0 saturated heterocycles. The molecule has 0 aliphatic rings. The number of hydrogen-bond acceptors (Lipinski definition) is 2. The summed E-state index contributed by atoms with van der Waals surface area (Å²) < 4.78 is 0.477. The van der Waals surface area contributed by atoms with Gasteiger partial charge in [0.05, 0.1) is 0 Å². The lowest BCUT2D eigenvalue weighted by Crippen LogP contribution is -2.27. The summed E-state index contributed by atoms with van der Waals surface area (Å²) in [6.45, 7) is 2.56. The molecule has 0 atom stereocenters. The van der Waals surface area contributed by atoms with Gasteiger partial charge in [0.15, 0.2) is 0 Å². The maximum absolute atomic E-state index is 10.6. The summed E-state index contributed by atoms with van der Waals surface area (Å²) in [5, 5.41) is 12.7. The van der Waals surface area contributed by atoms with E-state index in [0.717, 1.165) is 12.6 Å². The van der Waals surface area contributed by atoms with Crippen LogP contribution in [0.1, 0.15) is 13.3 Å². The van der Waals surface area contributed by atoms with Crippen LogP contribution in [0.3, 0.4) is 0 Å². The molecule has 0 aromatic rings. The molecule has 0 aromatic carbocycles. The Morgan fingerprint density at radius 2 is 2.40 bits per heavy atom. The van der Waals surface area contributed by atoms with Gasteiger partial charge >= 0.3 is 5.91 Å². The van der Waals surface area contributed by atoms with Gasteiger partial charge in [-0.3, -0.25) is 4.79 Å². The predicted molar refractivity (Wildman–Crippen MR) is 38.9 cm³/mol. The number of carbonyl (C=O) groups is 1. The Bertz CT molecular complexity index is 139. The molecule has 0 aliphatic carbocycles. The number of nitrogens with zero attached hydrogens (tertiary/aromatic N) is 1. The zero-order valence-electron chi connectivity index (χ0n) is 6.26. The molecule has 10 heavy (non-hydrogen) atoms. The van der Waals surface area contributed by atoms with E-state index in [9.17, 15) is 10.0 Å². The van der Waals surface area contributed by atoms with E-state index < -0.39 is 0 Å². The minimum Gasteiger partial charge on any atom is -0.624 e. The largest absolute Gasteiger partial charge is 0.624 e. The summed E-state index contributed by atoms with van der Waals surface area (Å²) >= 11 is 0. The van der Waals surface area contributed by atoms with Crippen LogP contribution in [0.5, 0.6) is 0 Å². The molecule has 4 nitrogen and oxygen atoms in total. The average molecular weight is 144 g/mol. The maximum atomic E-state index is 10.6. The number of hydroxylamine groups is 1. The minimum absolute atomic E-state index is 0.334. The number of carbonyl (C=O) groups excluding carboxylic acids is 1. The van der Waals surface area contributed by atoms with Gasteiger partial charge in [-0.05, 0) is 6.42 Å². The van der Waals surface area contributed by atoms with Crippen LogP contribution < -0.4 is 5.32 Å². The van der Waals surface area contributed by atoms with Crippen LogP contribution in [0.2, 0.25) is 0 Å². The zero-order chi connectivity index (χ0) is 7.98. The fourth-order valence-corrected chi connectivity index (χ4v) is 0.459. The molecule has 0 unspecified atom stereocenters. The molecular weight excluding hydrogens is 132 g/mol. The zero-order valence-corrected chi connectivity index (χ0v) is 6.26. The van der Waals surface area contributed by atoms with E-state index in [2.05, 4.69) is 5.32 Å². The minimum atomic E-state index is -0.334. The van der Waals surface area contributed by atoms with Gasteiger partial charge in [0, 0.05) is 6.54 Å². The third kappa shape index (κ3) is 5.08. The monoisotopic (exact) mass is 144 g/mol. The van der Waals surface area contributed by atoms with E-state index in [1.165, 1.54) is 7.05 Å². The van der Waals surface area contributed by atoms with E-state index in [4.69, 9.17) is 0 Å². The molecule has 1 amide bonds. The van der Waals surface area contributed by atoms with Crippen LogP contribution in [0.4, 0.5) is 0 Å². The highest BCUT2D eigenvalue weighted by atomic mass is 16.5. The molecule has 0 radical (unpaired) electrons. The molecule has 0 heterocycles. The topological polar surface area (TPSA) is 55.2 Å². The van der Waals surface area contributed by atoms with Gasteiger partial charge < -0.3 is 10.5 Å². The molecule has 0 spiro atoms. The first kappa shape index (κ1) is 8.94. The number of rotatable bonds is 3. The highest BCUT2D eigenvalue weighted by molar-refractivity contribution is 6.24. The Hall–Kier alpha value is -1.06. The SMILES string of the molecule is CCCNC(=O)/C=[N+](\C)[O-]. The van der Waals surface area contributed by atoms with E-state index in [-0.39, 0.29) is 5.91 Å². The molecule has 0 aliphatic heterocycles. The van der Waals surface area contributed by atoms with Crippen LogP contribution >= 0.6 is 0 Å². The normalized spacial score (nSPS) is 11.2. The third-order valence-electron chi connectivity index (χ3n) is 0.848. The van der Waals surface area contributed by atoms with Crippen molar-refractivity contribution in [3.63, 3.8) is 0 Å². The summed E-state index contributed by atoms with van der Waals surface area (Å²) in [5.74, 6) is -0.334. The van der Waals surface area contributed by atoms with Crippen LogP contribution in [0, 0.1) is 5.21 Å². The fraction of sp³-hybridized carbons (Fsp3) is 0.667. The van der Waals surface area contributed by atoms with Crippen molar-refractivity contribution in [3.8, 4) is 0 Å². The van der Waals surface area contributed by atoms with Crippen molar-refractivity contribution in [2.24, 2.45) is 0 Å². The summed E-state index contributed by atoms with van der Waals surface area (Å²) in [7, 11) is 1.27. The summed E-state index contributed by atoms with van der Waals surface area (Å²) in [6, 6.07) is 0. The Kier molecular flexibility index (Phi) is 4.28. The van der Waals surface area contributed by atoms with Gasteiger partial charge in [-0.2, -0.15) is 0 Å². The lowest BCUT2D eigenvalue weighted by Gasteiger charge is -1.97. The van der Waals surface area contributed by atoms with E-state index in [0.29, 0.717) is 11.3 Å². The van der Waals surface area contributed by atoms with E-state index >= 15 is 0 Å². The van der Waals surface area contributed by atoms with E-state index in [1.54, 1.807) is 0 Å². The van der Waals surface area contributed by atoms with Crippen molar-refractivity contribution in [2.45, 2.75) is 13.3 Å². The van der Waals surface area contributed by atoms with Crippen LogP contribution in [0.25, 0.3) is 0 Å². The standard InChI is InChI=1S/C6H12N2O2/c1-3-4-7-6(9)5-8(2)10/h5H,3-4H2,1-2H3,(H,7,9)/b8-5+. The van der Waals surface area contributed by atoms with Crippen molar-refractivity contribution in [3.05, 3.63) is 5.21 Å². The average Bonchev–Trinajstić information content (AvgIpc) is 1.82. The summed E-state index contributed by atoms with van der Waals surface area (Å²) in [5.41, 5.74) is 0. The smallest absolute Gasteiger partial charge is 0.308 e. The number of hydrogen-bond donors (Lipinski definition) is 1. The van der Waals surface area contributed by atoms with E-state index in [1.807, 2.05) is 6.92 Å². The maximum Gasteiger partial charge on any atom is 0.308 e. The second-order valence-electron chi connectivity index (χ2n) is 1.97. The highest BCUT2D eigenvalue weighted by Crippen LogP contribution is 1.68. The molecule has 58 valence electrons. The van der Waals surface area contributed by atoms with Gasteiger partial charge in [-0.15, -0.1) is 0 Å². The van der Waals surface area contributed by atoms with Gasteiger partial charge in [0.1, 0.15) is 7.05 Å². The fourth-order valence-electron chi connectivity index (χ4n) is 0.459. The molecule has 0 rings (SSSR count). The van der Waals surface area contributed by atoms with Gasteiger partial charge in [0.25, 0.3) is 0 Å². The Labute approximate surface area is 60.1 Å². The third-order valence-corrected chi connectivity index (χ3v) is 0.848. The Balaban J connectivity index is 3.54. The summed E-state index contributed by atoms with van der Waals surface area (Å²) in [6.07, 6.45) is 1.85. The second-order valence-corrected chi connectivity index (χ2v) is 1.97. The number of amides is 1. The van der Waals surface area contributed by atoms with Crippen LogP contribution in [0.15, 0.2) is 0 Å².